The third-order valence-corrected chi connectivity index (χ3v) is 5.80. The van der Waals surface area contributed by atoms with Gasteiger partial charge >= 0.3 is 0 Å². The van der Waals surface area contributed by atoms with Gasteiger partial charge in [-0.2, -0.15) is 5.10 Å². The summed E-state index contributed by atoms with van der Waals surface area (Å²) in [7, 11) is 0. The summed E-state index contributed by atoms with van der Waals surface area (Å²) >= 11 is 0. The Kier molecular flexibility index (Phi) is 4.22. The van der Waals surface area contributed by atoms with Crippen LogP contribution in [0.2, 0.25) is 0 Å². The third kappa shape index (κ3) is 2.93. The van der Waals surface area contributed by atoms with Gasteiger partial charge in [-0.1, -0.05) is 0 Å². The van der Waals surface area contributed by atoms with Gasteiger partial charge in [-0.05, 0) is 49.8 Å². The summed E-state index contributed by atoms with van der Waals surface area (Å²) in [6, 6.07) is 2.72. The fraction of sp³-hybridized carbons (Fsp3) is 0.500. The monoisotopic (exact) mass is 351 g/mol. The molecular formula is C20H25N5O. The molecule has 136 valence electrons. The predicted octanol–water partition coefficient (Wildman–Crippen LogP) is 3.24. The molecule has 1 atom stereocenters. The number of hydrogen-bond acceptors (Lipinski definition) is 4. The number of nitrogens with zero attached hydrogens (tertiary/aromatic N) is 3. The van der Waals surface area contributed by atoms with Crippen molar-refractivity contribution in [2.24, 2.45) is 0 Å². The highest BCUT2D eigenvalue weighted by molar-refractivity contribution is 5.85. The van der Waals surface area contributed by atoms with Crippen LogP contribution in [0.5, 0.6) is 0 Å². The predicted molar refractivity (Wildman–Crippen MR) is 101 cm³/mol. The van der Waals surface area contributed by atoms with Crippen molar-refractivity contribution < 1.29 is 4.74 Å². The largest absolute Gasteiger partial charge is 0.381 e. The van der Waals surface area contributed by atoms with Crippen molar-refractivity contribution in [2.45, 2.75) is 37.6 Å². The van der Waals surface area contributed by atoms with Crippen molar-refractivity contribution in [3.05, 3.63) is 36.4 Å². The standard InChI is InChI=1S/C20H25N5O/c1-2-14(9-21-5-1)19-12-23-20-18(19)8-15(10-22-20)16-11-24-25(13-16)17-3-6-26-7-4-17/h8,10-14,17,21H,1-7,9H2,(H,22,23). The second-order valence-electron chi connectivity index (χ2n) is 7.46. The van der Waals surface area contributed by atoms with E-state index in [1.165, 1.54) is 23.8 Å². The average Bonchev–Trinajstić information content (AvgIpc) is 3.36. The summed E-state index contributed by atoms with van der Waals surface area (Å²) in [5, 5.41) is 9.37. The number of nitrogens with one attached hydrogen (secondary N) is 2. The van der Waals surface area contributed by atoms with Gasteiger partial charge in [0.25, 0.3) is 0 Å². The molecule has 2 N–H and O–H groups in total. The van der Waals surface area contributed by atoms with Gasteiger partial charge in [0.1, 0.15) is 5.65 Å². The summed E-state index contributed by atoms with van der Waals surface area (Å²) < 4.78 is 7.57. The van der Waals surface area contributed by atoms with Gasteiger partial charge in [0.15, 0.2) is 0 Å². The maximum Gasteiger partial charge on any atom is 0.137 e. The van der Waals surface area contributed by atoms with Crippen molar-refractivity contribution >= 4 is 11.0 Å². The van der Waals surface area contributed by atoms with E-state index in [9.17, 15) is 0 Å². The number of hydrogen-bond donors (Lipinski definition) is 2. The van der Waals surface area contributed by atoms with Crippen LogP contribution in [-0.2, 0) is 4.74 Å². The van der Waals surface area contributed by atoms with Gasteiger partial charge in [0, 0.05) is 54.9 Å². The van der Waals surface area contributed by atoms with Gasteiger partial charge in [-0.25, -0.2) is 4.98 Å². The molecule has 5 rings (SSSR count). The topological polar surface area (TPSA) is 67.8 Å². The molecule has 26 heavy (non-hydrogen) atoms. The van der Waals surface area contributed by atoms with Crippen LogP contribution in [0.25, 0.3) is 22.2 Å². The molecule has 0 radical (unpaired) electrons. The summed E-state index contributed by atoms with van der Waals surface area (Å²) in [6.45, 7) is 3.84. The highest BCUT2D eigenvalue weighted by atomic mass is 16.5. The van der Waals surface area contributed by atoms with Crippen LogP contribution in [0.4, 0.5) is 0 Å². The average molecular weight is 351 g/mol. The molecule has 0 bridgehead atoms. The number of rotatable bonds is 3. The fourth-order valence-corrected chi connectivity index (χ4v) is 4.27. The molecule has 0 spiro atoms. The van der Waals surface area contributed by atoms with E-state index >= 15 is 0 Å². The minimum atomic E-state index is 0.449. The van der Waals surface area contributed by atoms with E-state index < -0.39 is 0 Å². The molecule has 2 aliphatic heterocycles. The van der Waals surface area contributed by atoms with Gasteiger partial charge in [0.05, 0.1) is 12.2 Å². The van der Waals surface area contributed by atoms with Gasteiger partial charge in [-0.3, -0.25) is 4.68 Å². The molecule has 2 saturated heterocycles. The molecule has 2 aliphatic rings. The number of aromatic nitrogens is 4. The lowest BCUT2D eigenvalue weighted by molar-refractivity contribution is 0.0662. The molecule has 5 heterocycles. The van der Waals surface area contributed by atoms with Crippen molar-refractivity contribution in [1.29, 1.82) is 0 Å². The zero-order chi connectivity index (χ0) is 17.3. The zero-order valence-corrected chi connectivity index (χ0v) is 14.9. The van der Waals surface area contributed by atoms with E-state index in [0.29, 0.717) is 12.0 Å². The first-order chi connectivity index (χ1) is 12.9. The van der Waals surface area contributed by atoms with Gasteiger partial charge in [0.2, 0.25) is 0 Å². The Balaban J connectivity index is 1.46. The highest BCUT2D eigenvalue weighted by Crippen LogP contribution is 2.32. The lowest BCUT2D eigenvalue weighted by atomic mass is 9.91. The van der Waals surface area contributed by atoms with E-state index in [2.05, 4.69) is 43.5 Å². The number of fused-ring (bicyclic) bond motifs is 1. The summed E-state index contributed by atoms with van der Waals surface area (Å²) in [5.74, 6) is 0.569. The van der Waals surface area contributed by atoms with E-state index in [-0.39, 0.29) is 0 Å². The molecule has 3 aromatic rings. The maximum atomic E-state index is 5.46. The first-order valence-corrected chi connectivity index (χ1v) is 9.68. The van der Waals surface area contributed by atoms with Crippen molar-refractivity contribution in [3.63, 3.8) is 0 Å². The first kappa shape index (κ1) is 16.0. The van der Waals surface area contributed by atoms with Crippen LogP contribution in [-0.4, -0.2) is 46.1 Å². The Morgan fingerprint density at radius 1 is 1.12 bits per heavy atom. The SMILES string of the molecule is c1nc2[nH]cc(C3CCCNC3)c2cc1-c1cnn(C2CCOCC2)c1. The number of H-pyrrole nitrogens is 1. The molecule has 1 unspecified atom stereocenters. The molecule has 6 nitrogen and oxygen atoms in total. The van der Waals surface area contributed by atoms with Crippen molar-refractivity contribution in [1.82, 2.24) is 25.1 Å². The van der Waals surface area contributed by atoms with E-state index in [0.717, 1.165) is 55.9 Å². The Morgan fingerprint density at radius 2 is 2.04 bits per heavy atom. The van der Waals surface area contributed by atoms with E-state index in [1.807, 2.05) is 12.4 Å². The Morgan fingerprint density at radius 3 is 2.88 bits per heavy atom. The zero-order valence-electron chi connectivity index (χ0n) is 14.9. The Labute approximate surface area is 153 Å². The van der Waals surface area contributed by atoms with Crippen molar-refractivity contribution in [3.8, 4) is 11.1 Å². The fourth-order valence-electron chi connectivity index (χ4n) is 4.27. The first-order valence-electron chi connectivity index (χ1n) is 9.68. The molecule has 0 aromatic carbocycles. The number of piperidine rings is 1. The van der Waals surface area contributed by atoms with Crippen LogP contribution < -0.4 is 5.32 Å². The lowest BCUT2D eigenvalue weighted by Gasteiger charge is -2.22. The van der Waals surface area contributed by atoms with Gasteiger partial charge in [-0.15, -0.1) is 0 Å². The highest BCUT2D eigenvalue weighted by Gasteiger charge is 2.20. The number of aromatic amines is 1. The molecule has 2 fully saturated rings. The molecular weight excluding hydrogens is 326 g/mol. The van der Waals surface area contributed by atoms with Crippen LogP contribution in [0, 0.1) is 0 Å². The maximum absolute atomic E-state index is 5.46. The van der Waals surface area contributed by atoms with E-state index in [1.54, 1.807) is 0 Å². The normalized spacial score (nSPS) is 22.1. The Hall–Kier alpha value is -2.18. The molecule has 0 aliphatic carbocycles. The summed E-state index contributed by atoms with van der Waals surface area (Å²) in [5.41, 5.74) is 4.64. The minimum absolute atomic E-state index is 0.449. The Bertz CT molecular complexity index is 887. The number of pyridine rings is 1. The molecule has 0 amide bonds. The smallest absolute Gasteiger partial charge is 0.137 e. The van der Waals surface area contributed by atoms with Gasteiger partial charge < -0.3 is 15.0 Å². The summed E-state index contributed by atoms with van der Waals surface area (Å²) in [6.07, 6.45) is 12.8. The number of ether oxygens (including phenoxy) is 1. The summed E-state index contributed by atoms with van der Waals surface area (Å²) in [4.78, 5) is 8.01. The molecule has 3 aromatic heterocycles. The van der Waals surface area contributed by atoms with E-state index in [4.69, 9.17) is 4.74 Å². The lowest BCUT2D eigenvalue weighted by Crippen LogP contribution is -2.28. The molecule has 6 heteroatoms. The second kappa shape index (κ2) is 6.85. The van der Waals surface area contributed by atoms with Crippen LogP contribution in [0.15, 0.2) is 30.9 Å². The third-order valence-electron chi connectivity index (χ3n) is 5.80. The van der Waals surface area contributed by atoms with Crippen LogP contribution in [0.1, 0.15) is 43.2 Å². The quantitative estimate of drug-likeness (QED) is 0.760. The minimum Gasteiger partial charge on any atom is -0.381 e. The van der Waals surface area contributed by atoms with Crippen LogP contribution in [0.3, 0.4) is 0 Å². The molecule has 0 saturated carbocycles. The second-order valence-corrected chi connectivity index (χ2v) is 7.46. The van der Waals surface area contributed by atoms with Crippen molar-refractivity contribution in [2.75, 3.05) is 26.3 Å². The van der Waals surface area contributed by atoms with Crippen LogP contribution >= 0.6 is 0 Å².